The lowest BCUT2D eigenvalue weighted by atomic mass is 10.0. The maximum atomic E-state index is 11.4. The Morgan fingerprint density at radius 1 is 0.947 bits per heavy atom. The Morgan fingerprint density at radius 2 is 1.63 bits per heavy atom. The monoisotopic (exact) mass is 250 g/mol. The fourth-order valence-electron chi connectivity index (χ4n) is 2.14. The van der Waals surface area contributed by atoms with Crippen molar-refractivity contribution in [1.29, 1.82) is 0 Å². The van der Waals surface area contributed by atoms with Crippen LogP contribution >= 0.6 is 0 Å². The molecule has 4 heteroatoms. The molecule has 0 N–H and O–H groups in total. The Hall–Kier alpha value is -2.75. The zero-order chi connectivity index (χ0) is 13.2. The zero-order valence-electron chi connectivity index (χ0n) is 9.98. The van der Waals surface area contributed by atoms with Crippen molar-refractivity contribution in [1.82, 2.24) is 4.98 Å². The molecular weight excluding hydrogens is 240 g/mol. The zero-order valence-corrected chi connectivity index (χ0v) is 9.98. The Kier molecular flexibility index (Phi) is 2.68. The Bertz CT molecular complexity index is 754. The first-order valence-corrected chi connectivity index (χ1v) is 5.85. The summed E-state index contributed by atoms with van der Waals surface area (Å²) >= 11 is 0. The van der Waals surface area contributed by atoms with Gasteiger partial charge in [-0.05, 0) is 6.07 Å². The number of hydrogen-bond acceptors (Lipinski definition) is 3. The predicted octanol–water partition coefficient (Wildman–Crippen LogP) is 3.81. The van der Waals surface area contributed by atoms with E-state index in [0.717, 1.165) is 10.9 Å². The lowest BCUT2D eigenvalue weighted by Crippen LogP contribution is -1.96. The van der Waals surface area contributed by atoms with Gasteiger partial charge in [0.15, 0.2) is 0 Å². The molecule has 0 saturated heterocycles. The van der Waals surface area contributed by atoms with Gasteiger partial charge in [0.1, 0.15) is 5.69 Å². The summed E-state index contributed by atoms with van der Waals surface area (Å²) in [5, 5.41) is 12.8. The topological polar surface area (TPSA) is 56.0 Å². The summed E-state index contributed by atoms with van der Waals surface area (Å²) in [4.78, 5) is 15.3. The van der Waals surface area contributed by atoms with Crippen LogP contribution in [0.3, 0.4) is 0 Å². The van der Waals surface area contributed by atoms with Crippen LogP contribution < -0.4 is 0 Å². The SMILES string of the molecule is O=[N+]([O-])c1c(-c2ccccc2)ncc2ccccc12. The molecule has 0 unspecified atom stereocenters. The summed E-state index contributed by atoms with van der Waals surface area (Å²) in [6, 6.07) is 16.4. The van der Waals surface area contributed by atoms with E-state index in [1.54, 1.807) is 18.3 Å². The van der Waals surface area contributed by atoms with Crippen LogP contribution in [-0.2, 0) is 0 Å². The highest BCUT2D eigenvalue weighted by atomic mass is 16.6. The molecular formula is C15H10N2O2. The Balaban J connectivity index is 2.37. The molecule has 0 aliphatic carbocycles. The van der Waals surface area contributed by atoms with Gasteiger partial charge in [-0.1, -0.05) is 48.5 Å². The molecule has 92 valence electrons. The summed E-state index contributed by atoms with van der Waals surface area (Å²) in [6.45, 7) is 0. The maximum Gasteiger partial charge on any atom is 0.303 e. The third-order valence-electron chi connectivity index (χ3n) is 3.00. The van der Waals surface area contributed by atoms with Crippen LogP contribution in [0.2, 0.25) is 0 Å². The number of nitro groups is 1. The average Bonchev–Trinajstić information content (AvgIpc) is 2.46. The molecule has 0 bridgehead atoms. The van der Waals surface area contributed by atoms with Crippen LogP contribution in [-0.4, -0.2) is 9.91 Å². The van der Waals surface area contributed by atoms with Gasteiger partial charge >= 0.3 is 5.69 Å². The van der Waals surface area contributed by atoms with Gasteiger partial charge in [-0.3, -0.25) is 10.1 Å². The summed E-state index contributed by atoms with van der Waals surface area (Å²) < 4.78 is 0. The van der Waals surface area contributed by atoms with Crippen molar-refractivity contribution < 1.29 is 4.92 Å². The highest BCUT2D eigenvalue weighted by Crippen LogP contribution is 2.34. The van der Waals surface area contributed by atoms with Crippen LogP contribution in [0, 0.1) is 10.1 Å². The van der Waals surface area contributed by atoms with Crippen LogP contribution in [0.25, 0.3) is 22.0 Å². The van der Waals surface area contributed by atoms with Crippen molar-refractivity contribution in [3.8, 4) is 11.3 Å². The molecule has 0 aliphatic rings. The first kappa shape index (κ1) is 11.3. The quantitative estimate of drug-likeness (QED) is 0.513. The molecule has 0 atom stereocenters. The normalized spacial score (nSPS) is 10.5. The van der Waals surface area contributed by atoms with Gasteiger partial charge in [-0.25, -0.2) is 4.98 Å². The van der Waals surface area contributed by atoms with Crippen molar-refractivity contribution in [2.24, 2.45) is 0 Å². The first-order valence-electron chi connectivity index (χ1n) is 5.85. The van der Waals surface area contributed by atoms with Crippen molar-refractivity contribution >= 4 is 16.5 Å². The van der Waals surface area contributed by atoms with Gasteiger partial charge in [0, 0.05) is 17.1 Å². The molecule has 3 aromatic rings. The Labute approximate surface area is 109 Å². The number of nitrogens with zero attached hydrogens (tertiary/aromatic N) is 2. The average molecular weight is 250 g/mol. The van der Waals surface area contributed by atoms with Gasteiger partial charge in [0.25, 0.3) is 0 Å². The third-order valence-corrected chi connectivity index (χ3v) is 3.00. The molecule has 1 aromatic heterocycles. The second kappa shape index (κ2) is 4.49. The van der Waals surface area contributed by atoms with E-state index in [2.05, 4.69) is 4.98 Å². The maximum absolute atomic E-state index is 11.4. The number of fused-ring (bicyclic) bond motifs is 1. The van der Waals surface area contributed by atoms with Crippen LogP contribution in [0.15, 0.2) is 60.8 Å². The van der Waals surface area contributed by atoms with Gasteiger partial charge in [0.05, 0.1) is 10.3 Å². The van der Waals surface area contributed by atoms with E-state index in [4.69, 9.17) is 0 Å². The molecule has 0 radical (unpaired) electrons. The van der Waals surface area contributed by atoms with E-state index in [-0.39, 0.29) is 10.6 Å². The van der Waals surface area contributed by atoms with Gasteiger partial charge in [-0.15, -0.1) is 0 Å². The molecule has 0 fully saturated rings. The summed E-state index contributed by atoms with van der Waals surface area (Å²) in [5.74, 6) is 0. The third kappa shape index (κ3) is 1.93. The van der Waals surface area contributed by atoms with E-state index in [1.165, 1.54) is 0 Å². The smallest absolute Gasteiger partial charge is 0.258 e. The van der Waals surface area contributed by atoms with Crippen molar-refractivity contribution in [3.63, 3.8) is 0 Å². The molecule has 0 saturated carbocycles. The number of aromatic nitrogens is 1. The van der Waals surface area contributed by atoms with Gasteiger partial charge in [0.2, 0.25) is 0 Å². The lowest BCUT2D eigenvalue weighted by Gasteiger charge is -2.05. The van der Waals surface area contributed by atoms with E-state index in [9.17, 15) is 10.1 Å². The number of benzene rings is 2. The fraction of sp³-hybridized carbons (Fsp3) is 0. The largest absolute Gasteiger partial charge is 0.303 e. The molecule has 4 nitrogen and oxygen atoms in total. The first-order chi connectivity index (χ1) is 9.27. The highest BCUT2D eigenvalue weighted by molar-refractivity contribution is 5.95. The highest BCUT2D eigenvalue weighted by Gasteiger charge is 2.20. The van der Waals surface area contributed by atoms with Crippen LogP contribution in [0.1, 0.15) is 0 Å². The van der Waals surface area contributed by atoms with Gasteiger partial charge < -0.3 is 0 Å². The molecule has 0 aliphatic heterocycles. The van der Waals surface area contributed by atoms with E-state index >= 15 is 0 Å². The minimum Gasteiger partial charge on any atom is -0.258 e. The summed E-state index contributed by atoms with van der Waals surface area (Å²) in [6.07, 6.45) is 1.67. The molecule has 0 amide bonds. The summed E-state index contributed by atoms with van der Waals surface area (Å²) in [5.41, 5.74) is 1.22. The Morgan fingerprint density at radius 3 is 2.37 bits per heavy atom. The molecule has 19 heavy (non-hydrogen) atoms. The van der Waals surface area contributed by atoms with E-state index in [1.807, 2.05) is 42.5 Å². The predicted molar refractivity (Wildman–Crippen MR) is 73.8 cm³/mol. The van der Waals surface area contributed by atoms with Gasteiger partial charge in [-0.2, -0.15) is 0 Å². The standard InChI is InChI=1S/C15H10N2O2/c18-17(19)15-13-9-5-4-8-12(13)10-16-14(15)11-6-2-1-3-7-11/h1-10H. The second-order valence-electron chi connectivity index (χ2n) is 4.17. The van der Waals surface area contributed by atoms with E-state index < -0.39 is 0 Å². The molecule has 2 aromatic carbocycles. The number of pyridine rings is 1. The number of rotatable bonds is 2. The van der Waals surface area contributed by atoms with E-state index in [0.29, 0.717) is 11.1 Å². The summed E-state index contributed by atoms with van der Waals surface area (Å²) in [7, 11) is 0. The fourth-order valence-corrected chi connectivity index (χ4v) is 2.14. The molecule has 1 heterocycles. The van der Waals surface area contributed by atoms with Crippen molar-refractivity contribution in [2.45, 2.75) is 0 Å². The molecule has 3 rings (SSSR count). The van der Waals surface area contributed by atoms with Crippen molar-refractivity contribution in [2.75, 3.05) is 0 Å². The number of hydrogen-bond donors (Lipinski definition) is 0. The molecule has 0 spiro atoms. The minimum absolute atomic E-state index is 0.0595. The lowest BCUT2D eigenvalue weighted by molar-refractivity contribution is -0.382. The minimum atomic E-state index is -0.363. The second-order valence-corrected chi connectivity index (χ2v) is 4.17. The van der Waals surface area contributed by atoms with Crippen LogP contribution in [0.4, 0.5) is 5.69 Å². The van der Waals surface area contributed by atoms with Crippen LogP contribution in [0.5, 0.6) is 0 Å². The van der Waals surface area contributed by atoms with Crippen molar-refractivity contribution in [3.05, 3.63) is 70.9 Å².